The summed E-state index contributed by atoms with van der Waals surface area (Å²) < 4.78 is 0. The van der Waals surface area contributed by atoms with Crippen molar-refractivity contribution in [2.75, 3.05) is 22.9 Å². The van der Waals surface area contributed by atoms with E-state index in [1.165, 1.54) is 18.7 Å². The summed E-state index contributed by atoms with van der Waals surface area (Å²) in [5.74, 6) is -2.55. The first-order valence-electron chi connectivity index (χ1n) is 12.4. The van der Waals surface area contributed by atoms with E-state index in [0.717, 1.165) is 4.90 Å². The van der Waals surface area contributed by atoms with E-state index in [-0.39, 0.29) is 42.5 Å². The number of Topliss-reactive ketones (excluding diaryl/α,β-unsaturated/α-hetero) is 1. The second-order valence-corrected chi connectivity index (χ2v) is 9.53. The van der Waals surface area contributed by atoms with Gasteiger partial charge in [-0.3, -0.25) is 28.9 Å². The summed E-state index contributed by atoms with van der Waals surface area (Å²) >= 11 is 0. The van der Waals surface area contributed by atoms with E-state index in [1.807, 2.05) is 0 Å². The maximum atomic E-state index is 13.8. The van der Waals surface area contributed by atoms with Crippen LogP contribution in [0.15, 0.2) is 36.4 Å². The summed E-state index contributed by atoms with van der Waals surface area (Å²) in [5, 5.41) is 14.7. The Kier molecular flexibility index (Phi) is 9.31. The Morgan fingerprint density at radius 3 is 2.23 bits per heavy atom. The number of aldehydes is 1. The standard InChI is InChI=1S/C28H32N4O7/c1-16-9-20(10-17(2)22(16)15-34)27(38)30-23-12-31(19(4)36)24-7-5-6-8-25(24)32(28(23)39)13-26(37)29-21(14-33)11-18(3)35/h5-10,14,21,23,34H,11-13,15H2,1-4H3,(H,29,37)(H,30,38)/t21-,23-/m0/s1. The van der Waals surface area contributed by atoms with Gasteiger partial charge in [-0.2, -0.15) is 0 Å². The molecule has 1 aliphatic rings. The van der Waals surface area contributed by atoms with E-state index in [1.54, 1.807) is 50.2 Å². The van der Waals surface area contributed by atoms with Crippen molar-refractivity contribution >= 4 is 47.1 Å². The highest BCUT2D eigenvalue weighted by atomic mass is 16.3. The molecule has 1 heterocycles. The average Bonchev–Trinajstić information content (AvgIpc) is 2.98. The van der Waals surface area contributed by atoms with Gasteiger partial charge in [0.1, 0.15) is 24.7 Å². The highest BCUT2D eigenvalue weighted by Crippen LogP contribution is 2.33. The van der Waals surface area contributed by atoms with Crippen LogP contribution in [0.1, 0.15) is 47.3 Å². The largest absolute Gasteiger partial charge is 0.392 e. The lowest BCUT2D eigenvalue weighted by molar-refractivity contribution is -0.127. The van der Waals surface area contributed by atoms with Gasteiger partial charge in [-0.15, -0.1) is 0 Å². The number of amides is 4. The van der Waals surface area contributed by atoms with Crippen LogP contribution >= 0.6 is 0 Å². The van der Waals surface area contributed by atoms with Gasteiger partial charge in [-0.1, -0.05) is 12.1 Å². The van der Waals surface area contributed by atoms with Gasteiger partial charge in [0.25, 0.3) is 11.8 Å². The maximum Gasteiger partial charge on any atom is 0.252 e. The lowest BCUT2D eigenvalue weighted by atomic mass is 9.99. The van der Waals surface area contributed by atoms with Gasteiger partial charge in [0.05, 0.1) is 30.6 Å². The van der Waals surface area contributed by atoms with Crippen molar-refractivity contribution in [3.63, 3.8) is 0 Å². The van der Waals surface area contributed by atoms with E-state index in [4.69, 9.17) is 0 Å². The molecule has 1 aliphatic heterocycles. The Hall–Kier alpha value is -4.38. The zero-order valence-corrected chi connectivity index (χ0v) is 22.3. The first-order chi connectivity index (χ1) is 18.5. The van der Waals surface area contributed by atoms with Crippen LogP contribution in [0.3, 0.4) is 0 Å². The number of carbonyl (C=O) groups is 6. The third kappa shape index (κ3) is 6.74. The zero-order valence-electron chi connectivity index (χ0n) is 22.3. The van der Waals surface area contributed by atoms with Crippen molar-refractivity contribution in [1.29, 1.82) is 0 Å². The number of aliphatic hydroxyl groups excluding tert-OH is 1. The zero-order chi connectivity index (χ0) is 28.9. The SMILES string of the molecule is CC(=O)C[C@@H](C=O)NC(=O)CN1C(=O)[C@@H](NC(=O)c2cc(C)c(CO)c(C)c2)CN(C(C)=O)c2ccccc21. The first kappa shape index (κ1) is 29.2. The minimum atomic E-state index is -1.21. The molecule has 0 bridgehead atoms. The highest BCUT2D eigenvalue weighted by molar-refractivity contribution is 6.10. The number of para-hydroxylation sites is 2. The lowest BCUT2D eigenvalue weighted by Gasteiger charge is -2.25. The monoisotopic (exact) mass is 536 g/mol. The van der Waals surface area contributed by atoms with Gasteiger partial charge in [0.15, 0.2) is 0 Å². The number of ketones is 1. The Morgan fingerprint density at radius 2 is 1.69 bits per heavy atom. The number of hydrogen-bond acceptors (Lipinski definition) is 7. The minimum Gasteiger partial charge on any atom is -0.392 e. The number of fused-ring (bicyclic) bond motifs is 1. The van der Waals surface area contributed by atoms with E-state index >= 15 is 0 Å². The van der Waals surface area contributed by atoms with Crippen LogP contribution in [0, 0.1) is 13.8 Å². The first-order valence-corrected chi connectivity index (χ1v) is 12.4. The summed E-state index contributed by atoms with van der Waals surface area (Å²) in [6, 6.07) is 7.48. The molecule has 3 N–H and O–H groups in total. The predicted octanol–water partition coefficient (Wildman–Crippen LogP) is 0.957. The smallest absolute Gasteiger partial charge is 0.252 e. The van der Waals surface area contributed by atoms with Crippen LogP contribution in [0.2, 0.25) is 0 Å². The summed E-state index contributed by atoms with van der Waals surface area (Å²) in [7, 11) is 0. The quantitative estimate of drug-likeness (QED) is 0.404. The van der Waals surface area contributed by atoms with Crippen molar-refractivity contribution in [1.82, 2.24) is 10.6 Å². The van der Waals surface area contributed by atoms with Crippen molar-refractivity contribution in [3.05, 3.63) is 58.7 Å². The van der Waals surface area contributed by atoms with Crippen molar-refractivity contribution in [2.45, 2.75) is 52.8 Å². The molecule has 2 aromatic carbocycles. The van der Waals surface area contributed by atoms with Gasteiger partial charge in [-0.05, 0) is 61.7 Å². The second-order valence-electron chi connectivity index (χ2n) is 9.53. The molecule has 2 atom stereocenters. The average molecular weight is 537 g/mol. The van der Waals surface area contributed by atoms with Crippen LogP contribution in [0.25, 0.3) is 0 Å². The molecule has 11 heteroatoms. The third-order valence-corrected chi connectivity index (χ3v) is 6.51. The maximum absolute atomic E-state index is 13.8. The summed E-state index contributed by atoms with van der Waals surface area (Å²) in [4.78, 5) is 77.8. The molecule has 0 aromatic heterocycles. The molecular weight excluding hydrogens is 504 g/mol. The fraction of sp³-hybridized carbons (Fsp3) is 0.357. The molecular formula is C28H32N4O7. The predicted molar refractivity (Wildman–Crippen MR) is 143 cm³/mol. The van der Waals surface area contributed by atoms with Crippen molar-refractivity contribution in [2.24, 2.45) is 0 Å². The van der Waals surface area contributed by atoms with Gasteiger partial charge in [0.2, 0.25) is 11.8 Å². The molecule has 2 aromatic rings. The van der Waals surface area contributed by atoms with Crippen LogP contribution in [0.4, 0.5) is 11.4 Å². The molecule has 206 valence electrons. The number of nitrogens with zero attached hydrogens (tertiary/aromatic N) is 2. The molecule has 0 saturated heterocycles. The molecule has 0 fully saturated rings. The van der Waals surface area contributed by atoms with Gasteiger partial charge in [0, 0.05) is 18.9 Å². The van der Waals surface area contributed by atoms with E-state index in [0.29, 0.717) is 28.7 Å². The Bertz CT molecular complexity index is 1300. The number of rotatable bonds is 9. The van der Waals surface area contributed by atoms with Gasteiger partial charge in [-0.25, -0.2) is 0 Å². The normalized spacial score (nSPS) is 15.6. The van der Waals surface area contributed by atoms with Crippen molar-refractivity contribution < 1.29 is 33.9 Å². The van der Waals surface area contributed by atoms with Crippen LogP contribution in [-0.4, -0.2) is 66.0 Å². The molecule has 3 rings (SSSR count). The fourth-order valence-corrected chi connectivity index (χ4v) is 4.61. The molecule has 0 radical (unpaired) electrons. The van der Waals surface area contributed by atoms with E-state index in [9.17, 15) is 33.9 Å². The van der Waals surface area contributed by atoms with Crippen molar-refractivity contribution in [3.8, 4) is 0 Å². The fourth-order valence-electron chi connectivity index (χ4n) is 4.61. The number of aryl methyl sites for hydroxylation is 2. The number of anilines is 2. The minimum absolute atomic E-state index is 0.178. The van der Waals surface area contributed by atoms with Crippen LogP contribution in [0.5, 0.6) is 0 Å². The third-order valence-electron chi connectivity index (χ3n) is 6.51. The van der Waals surface area contributed by atoms with Gasteiger partial charge >= 0.3 is 0 Å². The van der Waals surface area contributed by atoms with E-state index < -0.39 is 36.3 Å². The number of hydrogen-bond donors (Lipinski definition) is 3. The number of carbonyl (C=O) groups excluding carboxylic acids is 6. The Balaban J connectivity index is 1.96. The van der Waals surface area contributed by atoms with Crippen LogP contribution in [-0.2, 0) is 30.6 Å². The van der Waals surface area contributed by atoms with E-state index in [2.05, 4.69) is 10.6 Å². The molecule has 0 unspecified atom stereocenters. The molecule has 39 heavy (non-hydrogen) atoms. The Morgan fingerprint density at radius 1 is 1.08 bits per heavy atom. The molecule has 11 nitrogen and oxygen atoms in total. The Labute approximate surface area is 226 Å². The highest BCUT2D eigenvalue weighted by Gasteiger charge is 2.37. The summed E-state index contributed by atoms with van der Waals surface area (Å²) in [5.41, 5.74) is 3.04. The number of nitrogens with one attached hydrogen (secondary N) is 2. The summed E-state index contributed by atoms with van der Waals surface area (Å²) in [6.45, 7) is 5.28. The number of aliphatic hydroxyl groups is 1. The molecule has 0 spiro atoms. The topological polar surface area (TPSA) is 153 Å². The van der Waals surface area contributed by atoms with Gasteiger partial charge < -0.3 is 25.4 Å². The van der Waals surface area contributed by atoms with Crippen LogP contribution < -0.4 is 20.4 Å². The lowest BCUT2D eigenvalue weighted by Crippen LogP contribution is -2.54. The molecule has 0 saturated carbocycles. The second kappa shape index (κ2) is 12.4. The molecule has 4 amide bonds. The summed E-state index contributed by atoms with van der Waals surface area (Å²) in [6.07, 6.45) is 0.258. The molecule has 0 aliphatic carbocycles. The number of benzene rings is 2.